The van der Waals surface area contributed by atoms with E-state index in [2.05, 4.69) is 10.6 Å². The van der Waals surface area contributed by atoms with Gasteiger partial charge in [-0.25, -0.2) is 4.79 Å². The van der Waals surface area contributed by atoms with Crippen molar-refractivity contribution in [2.45, 2.75) is 18.9 Å². The standard InChI is InChI=1S/C12H14N2O3/c15-11(13-9-4-2-1-3-5-9)10(8-6-7-8)14-12(16)17/h1-5,8,10,14H,6-7H2,(H,13,15)(H,16,17)/t10-/m1/s1. The van der Waals surface area contributed by atoms with E-state index in [1.54, 1.807) is 12.1 Å². The third-order valence-corrected chi connectivity index (χ3v) is 2.70. The predicted molar refractivity (Wildman–Crippen MR) is 62.7 cm³/mol. The van der Waals surface area contributed by atoms with E-state index in [4.69, 9.17) is 5.11 Å². The number of carboxylic acid groups (broad SMARTS) is 1. The van der Waals surface area contributed by atoms with Gasteiger partial charge in [0.1, 0.15) is 6.04 Å². The van der Waals surface area contributed by atoms with Crippen LogP contribution in [0.2, 0.25) is 0 Å². The van der Waals surface area contributed by atoms with Gasteiger partial charge in [0.2, 0.25) is 5.91 Å². The van der Waals surface area contributed by atoms with Gasteiger partial charge >= 0.3 is 6.09 Å². The molecule has 90 valence electrons. The van der Waals surface area contributed by atoms with Crippen molar-refractivity contribution in [2.24, 2.45) is 5.92 Å². The maximum absolute atomic E-state index is 11.9. The SMILES string of the molecule is O=C(O)N[C@@H](C(=O)Nc1ccccc1)C1CC1. The molecule has 1 aliphatic carbocycles. The zero-order valence-electron chi connectivity index (χ0n) is 9.22. The van der Waals surface area contributed by atoms with Crippen molar-refractivity contribution in [3.05, 3.63) is 30.3 Å². The van der Waals surface area contributed by atoms with Crippen molar-refractivity contribution in [1.29, 1.82) is 0 Å². The van der Waals surface area contributed by atoms with E-state index in [9.17, 15) is 9.59 Å². The summed E-state index contributed by atoms with van der Waals surface area (Å²) in [6.07, 6.45) is 0.630. The Hall–Kier alpha value is -2.04. The van der Waals surface area contributed by atoms with E-state index in [1.807, 2.05) is 18.2 Å². The summed E-state index contributed by atoms with van der Waals surface area (Å²) in [5, 5.41) is 13.7. The van der Waals surface area contributed by atoms with E-state index in [1.165, 1.54) is 0 Å². The summed E-state index contributed by atoms with van der Waals surface area (Å²) < 4.78 is 0. The van der Waals surface area contributed by atoms with Gasteiger partial charge in [0.05, 0.1) is 0 Å². The molecule has 1 aliphatic rings. The van der Waals surface area contributed by atoms with Crippen LogP contribution in [0, 0.1) is 5.92 Å². The van der Waals surface area contributed by atoms with Gasteiger partial charge in [-0.2, -0.15) is 0 Å². The molecule has 1 aromatic carbocycles. The number of rotatable bonds is 4. The van der Waals surface area contributed by atoms with Gasteiger partial charge in [0, 0.05) is 5.69 Å². The first-order chi connectivity index (χ1) is 8.16. The molecular weight excluding hydrogens is 220 g/mol. The van der Waals surface area contributed by atoms with E-state index in [-0.39, 0.29) is 11.8 Å². The van der Waals surface area contributed by atoms with Crippen molar-refractivity contribution < 1.29 is 14.7 Å². The molecule has 1 atom stereocenters. The minimum atomic E-state index is -1.16. The number of hydrogen-bond donors (Lipinski definition) is 3. The molecule has 0 saturated heterocycles. The van der Waals surface area contributed by atoms with Crippen molar-refractivity contribution in [1.82, 2.24) is 5.32 Å². The maximum Gasteiger partial charge on any atom is 0.405 e. The average Bonchev–Trinajstić information content (AvgIpc) is 3.10. The summed E-state index contributed by atoms with van der Waals surface area (Å²) in [5.41, 5.74) is 0.676. The first kappa shape index (κ1) is 11.4. The minimum Gasteiger partial charge on any atom is -0.465 e. The fourth-order valence-corrected chi connectivity index (χ4v) is 1.70. The number of benzene rings is 1. The van der Waals surface area contributed by atoms with Crippen LogP contribution in [0.3, 0.4) is 0 Å². The summed E-state index contributed by atoms with van der Waals surface area (Å²) in [7, 11) is 0. The molecule has 5 nitrogen and oxygen atoms in total. The summed E-state index contributed by atoms with van der Waals surface area (Å²) >= 11 is 0. The van der Waals surface area contributed by atoms with Crippen LogP contribution in [0.25, 0.3) is 0 Å². The first-order valence-electron chi connectivity index (χ1n) is 5.52. The second-order valence-electron chi connectivity index (χ2n) is 4.12. The van der Waals surface area contributed by atoms with Crippen LogP contribution in [0.5, 0.6) is 0 Å². The van der Waals surface area contributed by atoms with Gasteiger partial charge in [-0.15, -0.1) is 0 Å². The molecule has 0 unspecified atom stereocenters. The maximum atomic E-state index is 11.9. The van der Waals surface area contributed by atoms with Crippen LogP contribution < -0.4 is 10.6 Å². The van der Waals surface area contributed by atoms with Gasteiger partial charge in [0.15, 0.2) is 0 Å². The summed E-state index contributed by atoms with van der Waals surface area (Å²) in [5.74, 6) is -0.157. The Kier molecular flexibility index (Phi) is 3.27. The second-order valence-corrected chi connectivity index (χ2v) is 4.12. The molecule has 0 bridgehead atoms. The van der Waals surface area contributed by atoms with Crippen LogP contribution in [-0.4, -0.2) is 23.1 Å². The smallest absolute Gasteiger partial charge is 0.405 e. The largest absolute Gasteiger partial charge is 0.465 e. The van der Waals surface area contributed by atoms with Crippen LogP contribution in [-0.2, 0) is 4.79 Å². The third kappa shape index (κ3) is 3.21. The molecule has 1 aromatic rings. The van der Waals surface area contributed by atoms with Crippen LogP contribution in [0.15, 0.2) is 30.3 Å². The van der Waals surface area contributed by atoms with Gasteiger partial charge in [-0.05, 0) is 30.9 Å². The fraction of sp³-hybridized carbons (Fsp3) is 0.333. The Morgan fingerprint density at radius 2 is 1.88 bits per heavy atom. The lowest BCUT2D eigenvalue weighted by Gasteiger charge is -2.15. The lowest BCUT2D eigenvalue weighted by molar-refractivity contribution is -0.118. The molecule has 0 aliphatic heterocycles. The number of amides is 2. The lowest BCUT2D eigenvalue weighted by atomic mass is 10.1. The number of hydrogen-bond acceptors (Lipinski definition) is 2. The van der Waals surface area contributed by atoms with Gasteiger partial charge in [-0.3, -0.25) is 4.79 Å². The van der Waals surface area contributed by atoms with Crippen molar-refractivity contribution >= 4 is 17.7 Å². The fourth-order valence-electron chi connectivity index (χ4n) is 1.70. The van der Waals surface area contributed by atoms with E-state index >= 15 is 0 Å². The molecule has 2 rings (SSSR count). The molecular formula is C12H14N2O3. The number of carbonyl (C=O) groups excluding carboxylic acids is 1. The Morgan fingerprint density at radius 1 is 1.24 bits per heavy atom. The summed E-state index contributed by atoms with van der Waals surface area (Å²) in [4.78, 5) is 22.5. The van der Waals surface area contributed by atoms with Gasteiger partial charge in [0.25, 0.3) is 0 Å². The second kappa shape index (κ2) is 4.86. The molecule has 5 heteroatoms. The Balaban J connectivity index is 1.99. The zero-order valence-corrected chi connectivity index (χ0v) is 9.22. The van der Waals surface area contributed by atoms with Crippen molar-refractivity contribution in [3.63, 3.8) is 0 Å². The van der Waals surface area contributed by atoms with Crippen LogP contribution >= 0.6 is 0 Å². The third-order valence-electron chi connectivity index (χ3n) is 2.70. The normalized spacial score (nSPS) is 16.0. The lowest BCUT2D eigenvalue weighted by Crippen LogP contribution is -2.44. The highest BCUT2D eigenvalue weighted by molar-refractivity contribution is 5.96. The molecule has 0 heterocycles. The first-order valence-corrected chi connectivity index (χ1v) is 5.52. The van der Waals surface area contributed by atoms with Gasteiger partial charge in [-0.1, -0.05) is 18.2 Å². The van der Waals surface area contributed by atoms with Crippen LogP contribution in [0.1, 0.15) is 12.8 Å². The highest BCUT2D eigenvalue weighted by atomic mass is 16.4. The number of nitrogens with one attached hydrogen (secondary N) is 2. The quantitative estimate of drug-likeness (QED) is 0.741. The molecule has 3 N–H and O–H groups in total. The van der Waals surface area contributed by atoms with E-state index in [0.29, 0.717) is 5.69 Å². The monoisotopic (exact) mass is 234 g/mol. The Bertz CT molecular complexity index is 415. The minimum absolute atomic E-state index is 0.134. The number of carbonyl (C=O) groups is 2. The highest BCUT2D eigenvalue weighted by Crippen LogP contribution is 2.33. The molecule has 2 amide bonds. The summed E-state index contributed by atoms with van der Waals surface area (Å²) in [6.45, 7) is 0. The zero-order chi connectivity index (χ0) is 12.3. The van der Waals surface area contributed by atoms with Crippen molar-refractivity contribution in [3.8, 4) is 0 Å². The number of para-hydroxylation sites is 1. The predicted octanol–water partition coefficient (Wildman–Crippen LogP) is 1.67. The van der Waals surface area contributed by atoms with Crippen LogP contribution in [0.4, 0.5) is 10.5 Å². The average molecular weight is 234 g/mol. The van der Waals surface area contributed by atoms with E-state index < -0.39 is 12.1 Å². The number of anilines is 1. The molecule has 0 radical (unpaired) electrons. The topological polar surface area (TPSA) is 78.4 Å². The highest BCUT2D eigenvalue weighted by Gasteiger charge is 2.37. The molecule has 0 spiro atoms. The van der Waals surface area contributed by atoms with Gasteiger partial charge < -0.3 is 15.7 Å². The molecule has 0 aromatic heterocycles. The Labute approximate surface area is 98.8 Å². The molecule has 17 heavy (non-hydrogen) atoms. The Morgan fingerprint density at radius 3 is 2.41 bits per heavy atom. The molecule has 1 saturated carbocycles. The molecule has 1 fully saturated rings. The summed E-state index contributed by atoms with van der Waals surface area (Å²) in [6, 6.07) is 8.36. The van der Waals surface area contributed by atoms with E-state index in [0.717, 1.165) is 12.8 Å². The van der Waals surface area contributed by atoms with Crippen molar-refractivity contribution in [2.75, 3.05) is 5.32 Å².